The van der Waals surface area contributed by atoms with Gasteiger partial charge in [0.05, 0.1) is 5.69 Å². The molecule has 1 aromatic rings. The van der Waals surface area contributed by atoms with Crippen molar-refractivity contribution in [2.24, 2.45) is 4.99 Å². The van der Waals surface area contributed by atoms with Gasteiger partial charge in [0.15, 0.2) is 0 Å². The minimum Gasteiger partial charge on any atom is -0.347 e. The number of aryl methyl sites for hydroxylation is 1. The van der Waals surface area contributed by atoms with E-state index in [1.54, 1.807) is 0 Å². The molecule has 1 aliphatic rings. The van der Waals surface area contributed by atoms with Crippen LogP contribution in [0.5, 0.6) is 0 Å². The summed E-state index contributed by atoms with van der Waals surface area (Å²) in [6.45, 7) is 4.45. The largest absolute Gasteiger partial charge is 0.347 e. The van der Waals surface area contributed by atoms with Crippen LogP contribution in [-0.4, -0.2) is 11.0 Å². The van der Waals surface area contributed by atoms with Crippen molar-refractivity contribution in [2.45, 2.75) is 38.4 Å². The molecule has 0 N–H and O–H groups in total. The topological polar surface area (TPSA) is 12.4 Å². The summed E-state index contributed by atoms with van der Waals surface area (Å²) in [5, 5.41) is 0.682. The van der Waals surface area contributed by atoms with E-state index < -0.39 is 0 Å². The summed E-state index contributed by atoms with van der Waals surface area (Å²) in [6.07, 6.45) is 3.22. The van der Waals surface area contributed by atoms with Crippen LogP contribution in [-0.2, 0) is 6.42 Å². The smallest absolute Gasteiger partial charge is 0.0659 e. The second-order valence-electron chi connectivity index (χ2n) is 4.18. The van der Waals surface area contributed by atoms with Gasteiger partial charge in [0.2, 0.25) is 0 Å². The maximum atomic E-state index is 4.81. The molecule has 100 valence electrons. The Bertz CT molecular complexity index is 390. The van der Waals surface area contributed by atoms with E-state index in [0.29, 0.717) is 5.25 Å². The molecule has 0 saturated carbocycles. The minimum absolute atomic E-state index is 0. The Morgan fingerprint density at radius 2 is 2.18 bits per heavy atom. The van der Waals surface area contributed by atoms with Gasteiger partial charge in [-0.25, -0.2) is 0 Å². The Morgan fingerprint density at radius 1 is 1.41 bits per heavy atom. The van der Waals surface area contributed by atoms with E-state index in [4.69, 9.17) is 4.99 Å². The monoisotopic (exact) mass is 406 g/mol. The quantitative estimate of drug-likeness (QED) is 0.665. The van der Waals surface area contributed by atoms with Crippen LogP contribution in [0.1, 0.15) is 32.3 Å². The van der Waals surface area contributed by atoms with E-state index in [0.717, 1.165) is 24.9 Å². The Morgan fingerprint density at radius 3 is 2.88 bits per heavy atom. The van der Waals surface area contributed by atoms with Gasteiger partial charge in [-0.1, -0.05) is 32.0 Å². The summed E-state index contributed by atoms with van der Waals surface area (Å²) in [6, 6.07) is 8.46. The number of hydrogen-bond donors (Lipinski definition) is 0. The first-order chi connectivity index (χ1) is 7.79. The van der Waals surface area contributed by atoms with Crippen LogP contribution < -0.4 is 0 Å². The molecular weight excluding hydrogens is 387 g/mol. The SMILES string of the molecule is CCc1ccccc1N=C1C[CH-]SC(C)C1.[Yb]. The molecule has 2 rings (SSSR count). The van der Waals surface area contributed by atoms with Crippen molar-refractivity contribution < 1.29 is 46.9 Å². The molecule has 0 radical (unpaired) electrons. The normalized spacial score (nSPS) is 22.2. The Kier molecular flexibility index (Phi) is 7.48. The third kappa shape index (κ3) is 4.74. The summed E-state index contributed by atoms with van der Waals surface area (Å²) in [7, 11) is 0. The van der Waals surface area contributed by atoms with Crippen LogP contribution in [0.3, 0.4) is 0 Å². The van der Waals surface area contributed by atoms with Crippen molar-refractivity contribution in [3.05, 3.63) is 35.6 Å². The van der Waals surface area contributed by atoms with Gasteiger partial charge in [0, 0.05) is 46.9 Å². The Balaban J connectivity index is 0.00000144. The first-order valence-electron chi connectivity index (χ1n) is 5.91. The number of thioether (sulfide) groups is 1. The van der Waals surface area contributed by atoms with E-state index in [2.05, 4.69) is 43.9 Å². The molecule has 1 heterocycles. The first-order valence-corrected chi connectivity index (χ1v) is 6.85. The molecule has 0 aliphatic carbocycles. The molecule has 1 saturated heterocycles. The van der Waals surface area contributed by atoms with Crippen LogP contribution in [0.2, 0.25) is 0 Å². The molecule has 1 nitrogen and oxygen atoms in total. The third-order valence-corrected chi connectivity index (χ3v) is 3.81. The van der Waals surface area contributed by atoms with Crippen molar-refractivity contribution in [3.63, 3.8) is 0 Å². The number of hydrogen-bond acceptors (Lipinski definition) is 2. The molecule has 17 heavy (non-hydrogen) atoms. The minimum atomic E-state index is 0. The van der Waals surface area contributed by atoms with Gasteiger partial charge < -0.3 is 11.8 Å². The summed E-state index contributed by atoms with van der Waals surface area (Å²) < 4.78 is 0. The summed E-state index contributed by atoms with van der Waals surface area (Å²) in [5.41, 5.74) is 3.83. The fraction of sp³-hybridized carbons (Fsp3) is 0.429. The standard InChI is InChI=1S/C14H18NS.Yb/c1-3-12-6-4-5-7-14(12)15-13-8-9-16-11(2)10-13;/h4-7,9,11H,3,8,10H2,1-2H3;/q-1;. The van der Waals surface area contributed by atoms with Crippen LogP contribution >= 0.6 is 11.8 Å². The van der Waals surface area contributed by atoms with E-state index >= 15 is 0 Å². The van der Waals surface area contributed by atoms with Crippen LogP contribution in [0.25, 0.3) is 0 Å². The fourth-order valence-corrected chi connectivity index (χ4v) is 2.86. The maximum absolute atomic E-state index is 4.81. The molecule has 1 aromatic carbocycles. The zero-order valence-corrected chi connectivity index (χ0v) is 12.7. The van der Waals surface area contributed by atoms with Crippen LogP contribution in [0.15, 0.2) is 29.3 Å². The van der Waals surface area contributed by atoms with Crippen molar-refractivity contribution in [3.8, 4) is 0 Å². The van der Waals surface area contributed by atoms with Gasteiger partial charge in [0.25, 0.3) is 0 Å². The number of aliphatic imine (C=N–C) groups is 1. The van der Waals surface area contributed by atoms with E-state index in [9.17, 15) is 0 Å². The zero-order valence-electron chi connectivity index (χ0n) is 10.2. The molecule has 1 atom stereocenters. The number of rotatable bonds is 2. The van der Waals surface area contributed by atoms with Crippen molar-refractivity contribution in [2.75, 3.05) is 0 Å². The van der Waals surface area contributed by atoms with E-state index in [-0.39, 0.29) is 46.9 Å². The van der Waals surface area contributed by atoms with Crippen LogP contribution in [0.4, 0.5) is 5.69 Å². The summed E-state index contributed by atoms with van der Waals surface area (Å²) in [4.78, 5) is 4.81. The van der Waals surface area contributed by atoms with Crippen LogP contribution in [0, 0.1) is 52.7 Å². The molecule has 1 aliphatic heterocycles. The number of para-hydroxylation sites is 1. The van der Waals surface area contributed by atoms with Crippen molar-refractivity contribution >= 4 is 23.2 Å². The van der Waals surface area contributed by atoms with Gasteiger partial charge >= 0.3 is 0 Å². The predicted octanol–water partition coefficient (Wildman–Crippen LogP) is 4.40. The molecule has 1 unspecified atom stereocenters. The van der Waals surface area contributed by atoms with Gasteiger partial charge in [-0.3, -0.25) is 10.7 Å². The molecular formula is C14H18NSYb-. The maximum Gasteiger partial charge on any atom is 0.0659 e. The summed E-state index contributed by atoms with van der Waals surface area (Å²) in [5.74, 6) is 2.28. The average molecular weight is 405 g/mol. The van der Waals surface area contributed by atoms with Gasteiger partial charge in [-0.2, -0.15) is 0 Å². The Labute approximate surface area is 147 Å². The second kappa shape index (κ2) is 8.04. The molecule has 0 amide bonds. The second-order valence-corrected chi connectivity index (χ2v) is 5.59. The fourth-order valence-electron chi connectivity index (χ4n) is 1.95. The number of benzene rings is 1. The first kappa shape index (κ1) is 15.8. The zero-order chi connectivity index (χ0) is 11.4. The predicted molar refractivity (Wildman–Crippen MR) is 73.5 cm³/mol. The summed E-state index contributed by atoms with van der Waals surface area (Å²) >= 11 is 1.94. The average Bonchev–Trinajstić information content (AvgIpc) is 2.30. The van der Waals surface area contributed by atoms with Gasteiger partial charge in [-0.15, -0.1) is 6.42 Å². The number of nitrogens with zero attached hydrogens (tertiary/aromatic N) is 1. The molecule has 0 bridgehead atoms. The Hall–Kier alpha value is 0.759. The molecule has 0 aromatic heterocycles. The van der Waals surface area contributed by atoms with Crippen molar-refractivity contribution in [1.29, 1.82) is 0 Å². The van der Waals surface area contributed by atoms with Gasteiger partial charge in [0.1, 0.15) is 0 Å². The molecule has 0 spiro atoms. The van der Waals surface area contributed by atoms with Gasteiger partial charge in [-0.05, 0) is 35.4 Å². The van der Waals surface area contributed by atoms with E-state index in [1.807, 2.05) is 11.8 Å². The molecule has 1 fully saturated rings. The van der Waals surface area contributed by atoms with Crippen molar-refractivity contribution in [1.82, 2.24) is 0 Å². The third-order valence-electron chi connectivity index (χ3n) is 2.82. The van der Waals surface area contributed by atoms with E-state index in [1.165, 1.54) is 11.3 Å². The molecule has 3 heteroatoms.